The van der Waals surface area contributed by atoms with E-state index in [2.05, 4.69) is 5.32 Å². The fourth-order valence-electron chi connectivity index (χ4n) is 1.29. The summed E-state index contributed by atoms with van der Waals surface area (Å²) in [5.41, 5.74) is 0.0598. The maximum absolute atomic E-state index is 13.2. The van der Waals surface area contributed by atoms with Gasteiger partial charge in [-0.1, -0.05) is 19.4 Å². The number of hydrogen-bond acceptors (Lipinski definition) is 2. The third-order valence-corrected chi connectivity index (χ3v) is 2.07. The molecule has 0 aliphatic heterocycles. The van der Waals surface area contributed by atoms with E-state index in [4.69, 9.17) is 5.11 Å². The summed E-state index contributed by atoms with van der Waals surface area (Å²) in [5, 5.41) is 11.7. The molecule has 0 radical (unpaired) electrons. The van der Waals surface area contributed by atoms with Crippen LogP contribution in [0.1, 0.15) is 30.1 Å². The van der Waals surface area contributed by atoms with Gasteiger partial charge in [-0.25, -0.2) is 9.18 Å². The zero-order valence-corrected chi connectivity index (χ0v) is 8.59. The number of hydrogen-bond donors (Lipinski definition) is 2. The molecule has 1 rings (SSSR count). The molecule has 0 aliphatic rings. The van der Waals surface area contributed by atoms with Crippen molar-refractivity contribution in [1.82, 2.24) is 0 Å². The Kier molecular flexibility index (Phi) is 4.09. The van der Waals surface area contributed by atoms with Gasteiger partial charge >= 0.3 is 5.97 Å². The van der Waals surface area contributed by atoms with E-state index in [1.807, 2.05) is 6.92 Å². The van der Waals surface area contributed by atoms with Gasteiger partial charge in [-0.15, -0.1) is 0 Å². The van der Waals surface area contributed by atoms with E-state index < -0.39 is 11.8 Å². The summed E-state index contributed by atoms with van der Waals surface area (Å²) in [6.07, 6.45) is 1.93. The zero-order chi connectivity index (χ0) is 11.3. The first-order valence-corrected chi connectivity index (χ1v) is 4.92. The van der Waals surface area contributed by atoms with Crippen LogP contribution in [0.3, 0.4) is 0 Å². The van der Waals surface area contributed by atoms with Crippen LogP contribution < -0.4 is 5.32 Å². The lowest BCUT2D eigenvalue weighted by molar-refractivity contribution is 0.0693. The number of halogens is 1. The molecule has 0 aliphatic carbocycles. The van der Waals surface area contributed by atoms with E-state index in [1.165, 1.54) is 6.07 Å². The zero-order valence-electron chi connectivity index (χ0n) is 8.59. The topological polar surface area (TPSA) is 49.3 Å². The Morgan fingerprint density at radius 3 is 2.87 bits per heavy atom. The molecule has 4 heteroatoms. The van der Waals surface area contributed by atoms with E-state index >= 15 is 0 Å². The Morgan fingerprint density at radius 2 is 2.27 bits per heavy atom. The quantitative estimate of drug-likeness (QED) is 0.736. The van der Waals surface area contributed by atoms with Crippen molar-refractivity contribution in [3.05, 3.63) is 29.6 Å². The molecule has 0 aromatic heterocycles. The number of nitrogens with one attached hydrogen (secondary N) is 1. The van der Waals surface area contributed by atoms with Crippen LogP contribution in [-0.4, -0.2) is 17.6 Å². The minimum absolute atomic E-state index is 0.284. The van der Waals surface area contributed by atoms with E-state index in [1.54, 1.807) is 6.07 Å². The fourth-order valence-corrected chi connectivity index (χ4v) is 1.29. The van der Waals surface area contributed by atoms with Gasteiger partial charge in [-0.3, -0.25) is 0 Å². The highest BCUT2D eigenvalue weighted by molar-refractivity contribution is 5.94. The summed E-state index contributed by atoms with van der Waals surface area (Å²) in [6.45, 7) is 2.69. The van der Waals surface area contributed by atoms with E-state index in [9.17, 15) is 9.18 Å². The fraction of sp³-hybridized carbons (Fsp3) is 0.364. The molecule has 2 N–H and O–H groups in total. The molecule has 0 spiro atoms. The Balaban J connectivity index is 2.86. The number of anilines is 1. The number of carbonyl (C=O) groups is 1. The van der Waals surface area contributed by atoms with Crippen LogP contribution in [0.25, 0.3) is 0 Å². The lowest BCUT2D eigenvalue weighted by Gasteiger charge is -2.09. The van der Waals surface area contributed by atoms with Gasteiger partial charge in [-0.2, -0.15) is 0 Å². The predicted molar refractivity (Wildman–Crippen MR) is 56.8 cm³/mol. The van der Waals surface area contributed by atoms with Gasteiger partial charge < -0.3 is 10.4 Å². The highest BCUT2D eigenvalue weighted by Gasteiger charge is 2.14. The third-order valence-electron chi connectivity index (χ3n) is 2.07. The van der Waals surface area contributed by atoms with Crippen LogP contribution in [0, 0.1) is 5.82 Å². The molecule has 1 aromatic rings. The number of aromatic carboxylic acids is 1. The van der Waals surface area contributed by atoms with Crippen molar-refractivity contribution in [3.8, 4) is 0 Å². The summed E-state index contributed by atoms with van der Waals surface area (Å²) in [5.74, 6) is -1.95. The van der Waals surface area contributed by atoms with E-state index in [-0.39, 0.29) is 5.56 Å². The lowest BCUT2D eigenvalue weighted by atomic mass is 10.1. The number of carboxylic acids is 1. The van der Waals surface area contributed by atoms with Crippen LogP contribution in [-0.2, 0) is 0 Å². The third kappa shape index (κ3) is 2.94. The summed E-state index contributed by atoms with van der Waals surface area (Å²) in [7, 11) is 0. The number of unbranched alkanes of at least 4 members (excludes halogenated alkanes) is 1. The molecule has 15 heavy (non-hydrogen) atoms. The monoisotopic (exact) mass is 211 g/mol. The van der Waals surface area contributed by atoms with Gasteiger partial charge in [0.15, 0.2) is 0 Å². The number of benzene rings is 1. The molecule has 0 atom stereocenters. The van der Waals surface area contributed by atoms with Gasteiger partial charge in [0.2, 0.25) is 0 Å². The second-order valence-corrected chi connectivity index (χ2v) is 3.25. The normalized spacial score (nSPS) is 10.0. The molecule has 0 saturated heterocycles. The second kappa shape index (κ2) is 5.34. The van der Waals surface area contributed by atoms with Crippen LogP contribution in [0.15, 0.2) is 18.2 Å². The number of rotatable bonds is 5. The van der Waals surface area contributed by atoms with Gasteiger partial charge in [0.05, 0.1) is 5.69 Å². The Labute approximate surface area is 87.9 Å². The van der Waals surface area contributed by atoms with Crippen molar-refractivity contribution in [1.29, 1.82) is 0 Å². The van der Waals surface area contributed by atoms with Crippen LogP contribution in [0.4, 0.5) is 10.1 Å². The van der Waals surface area contributed by atoms with Gasteiger partial charge in [0.1, 0.15) is 11.4 Å². The molecule has 0 heterocycles. The average molecular weight is 211 g/mol. The SMILES string of the molecule is CCCCNc1cccc(F)c1C(=O)O. The molecular formula is C11H14FNO2. The van der Waals surface area contributed by atoms with Crippen molar-refractivity contribution in [2.75, 3.05) is 11.9 Å². The van der Waals surface area contributed by atoms with E-state index in [0.29, 0.717) is 12.2 Å². The first-order valence-electron chi connectivity index (χ1n) is 4.92. The predicted octanol–water partition coefficient (Wildman–Crippen LogP) is 2.74. The molecule has 3 nitrogen and oxygen atoms in total. The first kappa shape index (κ1) is 11.5. The standard InChI is InChI=1S/C11H14FNO2/c1-2-3-7-13-9-6-4-5-8(12)10(9)11(14)15/h4-6,13H,2-3,7H2,1H3,(H,14,15). The Hall–Kier alpha value is -1.58. The highest BCUT2D eigenvalue weighted by Crippen LogP contribution is 2.18. The Bertz CT molecular complexity index is 352. The van der Waals surface area contributed by atoms with Crippen LogP contribution in [0.2, 0.25) is 0 Å². The molecular weight excluding hydrogens is 197 g/mol. The Morgan fingerprint density at radius 1 is 1.53 bits per heavy atom. The maximum Gasteiger partial charge on any atom is 0.340 e. The maximum atomic E-state index is 13.2. The average Bonchev–Trinajstić information content (AvgIpc) is 2.17. The van der Waals surface area contributed by atoms with Crippen molar-refractivity contribution in [3.63, 3.8) is 0 Å². The van der Waals surface area contributed by atoms with Gasteiger partial charge in [0, 0.05) is 6.54 Å². The van der Waals surface area contributed by atoms with Crippen molar-refractivity contribution >= 4 is 11.7 Å². The summed E-state index contributed by atoms with van der Waals surface area (Å²) in [6, 6.07) is 4.21. The summed E-state index contributed by atoms with van der Waals surface area (Å²) >= 11 is 0. The molecule has 0 amide bonds. The molecule has 0 fully saturated rings. The summed E-state index contributed by atoms with van der Waals surface area (Å²) < 4.78 is 13.2. The minimum atomic E-state index is -1.24. The van der Waals surface area contributed by atoms with Gasteiger partial charge in [-0.05, 0) is 18.6 Å². The molecule has 82 valence electrons. The molecule has 1 aromatic carbocycles. The molecule has 0 saturated carbocycles. The first-order chi connectivity index (χ1) is 7.16. The number of carboxylic acid groups (broad SMARTS) is 1. The smallest absolute Gasteiger partial charge is 0.340 e. The molecule has 0 bridgehead atoms. The van der Waals surface area contributed by atoms with Gasteiger partial charge in [0.25, 0.3) is 0 Å². The minimum Gasteiger partial charge on any atom is -0.478 e. The largest absolute Gasteiger partial charge is 0.478 e. The lowest BCUT2D eigenvalue weighted by Crippen LogP contribution is -2.09. The summed E-state index contributed by atoms with van der Waals surface area (Å²) in [4.78, 5) is 10.8. The molecule has 0 unspecified atom stereocenters. The second-order valence-electron chi connectivity index (χ2n) is 3.25. The van der Waals surface area contributed by atoms with Crippen LogP contribution in [0.5, 0.6) is 0 Å². The van der Waals surface area contributed by atoms with Crippen molar-refractivity contribution < 1.29 is 14.3 Å². The van der Waals surface area contributed by atoms with Crippen molar-refractivity contribution in [2.24, 2.45) is 0 Å². The van der Waals surface area contributed by atoms with Crippen LogP contribution >= 0.6 is 0 Å². The van der Waals surface area contributed by atoms with E-state index in [0.717, 1.165) is 18.9 Å². The highest BCUT2D eigenvalue weighted by atomic mass is 19.1. The van der Waals surface area contributed by atoms with Crippen molar-refractivity contribution in [2.45, 2.75) is 19.8 Å².